The molecule has 0 aliphatic rings. The molecule has 0 amide bonds. The first kappa shape index (κ1) is 12.2. The molecule has 0 saturated heterocycles. The molecule has 1 aromatic carbocycles. The maximum atomic E-state index is 12.8. The highest BCUT2D eigenvalue weighted by Crippen LogP contribution is 2.16. The van der Waals surface area contributed by atoms with Crippen LogP contribution in [0.15, 0.2) is 35.1 Å². The van der Waals surface area contributed by atoms with Gasteiger partial charge < -0.3 is 0 Å². The number of rotatable bonds is 2. The van der Waals surface area contributed by atoms with Crippen LogP contribution in [0.3, 0.4) is 0 Å². The van der Waals surface area contributed by atoms with Crippen molar-refractivity contribution in [3.8, 4) is 11.3 Å². The summed E-state index contributed by atoms with van der Waals surface area (Å²) in [5, 5.41) is 4.05. The molecular weight excluding hydrogens is 235 g/mol. The second-order valence-corrected chi connectivity index (χ2v) is 3.94. The molecule has 2 aromatic rings. The predicted octanol–water partition coefficient (Wildman–Crippen LogP) is 1.79. The van der Waals surface area contributed by atoms with Gasteiger partial charge in [0.1, 0.15) is 5.82 Å². The summed E-state index contributed by atoms with van der Waals surface area (Å²) in [5.74, 6) is -0.670. The number of halogens is 1. The Morgan fingerprint density at radius 1 is 1.28 bits per heavy atom. The molecule has 2 rings (SSSR count). The average molecular weight is 246 g/mol. The highest BCUT2D eigenvalue weighted by Gasteiger charge is 2.11. The monoisotopic (exact) mass is 246 g/mol. The maximum Gasteiger partial charge on any atom is 0.277 e. The first-order valence-electron chi connectivity index (χ1n) is 5.34. The van der Waals surface area contributed by atoms with Crippen LogP contribution in [0.25, 0.3) is 11.3 Å². The highest BCUT2D eigenvalue weighted by atomic mass is 19.1. The summed E-state index contributed by atoms with van der Waals surface area (Å²) in [6.07, 6.45) is 0. The van der Waals surface area contributed by atoms with Gasteiger partial charge in [0.2, 0.25) is 0 Å². The average Bonchev–Trinajstić information content (AvgIpc) is 2.33. The Morgan fingerprint density at radius 2 is 1.89 bits per heavy atom. The van der Waals surface area contributed by atoms with E-state index < -0.39 is 5.56 Å². The molecule has 0 atom stereocenters. The van der Waals surface area contributed by atoms with Crippen molar-refractivity contribution in [2.45, 2.75) is 6.92 Å². The van der Waals surface area contributed by atoms with E-state index in [-0.39, 0.29) is 17.2 Å². The summed E-state index contributed by atoms with van der Waals surface area (Å²) in [6.45, 7) is 1.32. The lowest BCUT2D eigenvalue weighted by Gasteiger charge is -2.05. The molecule has 0 aliphatic carbocycles. The summed E-state index contributed by atoms with van der Waals surface area (Å²) in [6, 6.07) is 7.13. The number of hydrogen-bond acceptors (Lipinski definition) is 3. The quantitative estimate of drug-likeness (QED) is 0.759. The third kappa shape index (κ3) is 2.20. The van der Waals surface area contributed by atoms with Crippen molar-refractivity contribution in [2.24, 2.45) is 7.05 Å². The van der Waals surface area contributed by atoms with Crippen molar-refractivity contribution in [1.29, 1.82) is 0 Å². The first-order valence-corrected chi connectivity index (χ1v) is 5.34. The third-order valence-electron chi connectivity index (χ3n) is 2.58. The molecule has 92 valence electrons. The van der Waals surface area contributed by atoms with Crippen LogP contribution in [0.2, 0.25) is 0 Å². The van der Waals surface area contributed by atoms with Crippen molar-refractivity contribution in [3.05, 3.63) is 52.1 Å². The van der Waals surface area contributed by atoms with Gasteiger partial charge in [0.25, 0.3) is 5.56 Å². The van der Waals surface area contributed by atoms with E-state index in [9.17, 15) is 14.0 Å². The zero-order chi connectivity index (χ0) is 13.3. The van der Waals surface area contributed by atoms with Crippen LogP contribution in [0.4, 0.5) is 4.39 Å². The number of hydrogen-bond donors (Lipinski definition) is 0. The Kier molecular flexibility index (Phi) is 3.06. The lowest BCUT2D eigenvalue weighted by Crippen LogP contribution is -2.25. The van der Waals surface area contributed by atoms with Gasteiger partial charge in [-0.2, -0.15) is 5.10 Å². The first-order chi connectivity index (χ1) is 8.49. The fraction of sp³-hybridized carbons (Fsp3) is 0.154. The van der Waals surface area contributed by atoms with Gasteiger partial charge in [0.05, 0.1) is 11.3 Å². The van der Waals surface area contributed by atoms with Gasteiger partial charge >= 0.3 is 0 Å². The number of benzene rings is 1. The predicted molar refractivity (Wildman–Crippen MR) is 64.9 cm³/mol. The minimum absolute atomic E-state index is 0.0758. The van der Waals surface area contributed by atoms with Gasteiger partial charge in [-0.15, -0.1) is 0 Å². The van der Waals surface area contributed by atoms with Gasteiger partial charge in [0, 0.05) is 12.6 Å². The summed E-state index contributed by atoms with van der Waals surface area (Å²) in [7, 11) is 1.47. The van der Waals surface area contributed by atoms with Crippen molar-refractivity contribution < 1.29 is 9.18 Å². The lowest BCUT2D eigenvalue weighted by molar-refractivity contribution is 0.101. The highest BCUT2D eigenvalue weighted by molar-refractivity contribution is 5.94. The van der Waals surface area contributed by atoms with Crippen LogP contribution < -0.4 is 5.56 Å². The zero-order valence-electron chi connectivity index (χ0n) is 9.98. The SMILES string of the molecule is CC(=O)c1cc(-c2ccc(F)cc2)nn(C)c1=O. The largest absolute Gasteiger partial charge is 0.294 e. The number of nitrogens with zero attached hydrogens (tertiary/aromatic N) is 2. The van der Waals surface area contributed by atoms with E-state index in [1.54, 1.807) is 12.1 Å². The van der Waals surface area contributed by atoms with E-state index in [4.69, 9.17) is 0 Å². The minimum Gasteiger partial charge on any atom is -0.294 e. The van der Waals surface area contributed by atoms with Crippen LogP contribution in [0, 0.1) is 5.82 Å². The smallest absolute Gasteiger partial charge is 0.277 e. The fourth-order valence-electron chi connectivity index (χ4n) is 1.62. The van der Waals surface area contributed by atoms with E-state index in [0.717, 1.165) is 4.68 Å². The molecule has 0 unspecified atom stereocenters. The Balaban J connectivity index is 2.62. The second-order valence-electron chi connectivity index (χ2n) is 3.94. The van der Waals surface area contributed by atoms with Gasteiger partial charge in [-0.05, 0) is 37.3 Å². The Labute approximate surface area is 103 Å². The van der Waals surface area contributed by atoms with Crippen LogP contribution >= 0.6 is 0 Å². The van der Waals surface area contributed by atoms with Crippen LogP contribution in [-0.4, -0.2) is 15.6 Å². The summed E-state index contributed by atoms with van der Waals surface area (Å²) in [5.41, 5.74) is 0.747. The molecule has 0 N–H and O–H groups in total. The number of ketones is 1. The van der Waals surface area contributed by atoms with E-state index in [1.165, 1.54) is 32.2 Å². The number of aromatic nitrogens is 2. The Bertz CT molecular complexity index is 660. The number of carbonyl (C=O) groups is 1. The van der Waals surface area contributed by atoms with E-state index in [2.05, 4.69) is 5.10 Å². The molecule has 0 aliphatic heterocycles. The van der Waals surface area contributed by atoms with Gasteiger partial charge in [-0.3, -0.25) is 9.59 Å². The number of Topliss-reactive ketones (excluding diaryl/α,β-unsaturated/α-hetero) is 1. The van der Waals surface area contributed by atoms with Gasteiger partial charge in [-0.1, -0.05) is 0 Å². The topological polar surface area (TPSA) is 52.0 Å². The molecule has 1 heterocycles. The normalized spacial score (nSPS) is 10.4. The van der Waals surface area contributed by atoms with Crippen molar-refractivity contribution in [2.75, 3.05) is 0 Å². The van der Waals surface area contributed by atoms with Crippen molar-refractivity contribution in [3.63, 3.8) is 0 Å². The van der Waals surface area contributed by atoms with Crippen molar-refractivity contribution >= 4 is 5.78 Å². The maximum absolute atomic E-state index is 12.8. The second kappa shape index (κ2) is 4.52. The van der Waals surface area contributed by atoms with Crippen molar-refractivity contribution in [1.82, 2.24) is 9.78 Å². The van der Waals surface area contributed by atoms with Gasteiger partial charge in [-0.25, -0.2) is 9.07 Å². The fourth-order valence-corrected chi connectivity index (χ4v) is 1.62. The molecule has 4 nitrogen and oxygen atoms in total. The molecular formula is C13H11FN2O2. The molecule has 0 fully saturated rings. The Hall–Kier alpha value is -2.30. The molecule has 1 aromatic heterocycles. The molecule has 0 bridgehead atoms. The van der Waals surface area contributed by atoms with E-state index in [1.807, 2.05) is 0 Å². The molecule has 0 saturated carbocycles. The summed E-state index contributed by atoms with van der Waals surface area (Å²) in [4.78, 5) is 23.0. The molecule has 5 heteroatoms. The van der Waals surface area contributed by atoms with E-state index >= 15 is 0 Å². The van der Waals surface area contributed by atoms with E-state index in [0.29, 0.717) is 11.3 Å². The van der Waals surface area contributed by atoms with Crippen LogP contribution in [0.5, 0.6) is 0 Å². The lowest BCUT2D eigenvalue weighted by atomic mass is 10.1. The minimum atomic E-state index is -0.437. The Morgan fingerprint density at radius 3 is 2.44 bits per heavy atom. The number of carbonyl (C=O) groups excluding carboxylic acids is 1. The van der Waals surface area contributed by atoms with Crippen LogP contribution in [0.1, 0.15) is 17.3 Å². The van der Waals surface area contributed by atoms with Crippen LogP contribution in [-0.2, 0) is 7.05 Å². The molecule has 18 heavy (non-hydrogen) atoms. The summed E-state index contributed by atoms with van der Waals surface area (Å²) >= 11 is 0. The molecule has 0 spiro atoms. The number of aryl methyl sites for hydroxylation is 1. The van der Waals surface area contributed by atoms with Gasteiger partial charge in [0.15, 0.2) is 5.78 Å². The standard InChI is InChI=1S/C13H11FN2O2/c1-8(17)11-7-12(15-16(2)13(11)18)9-3-5-10(14)6-4-9/h3-7H,1-2H3. The zero-order valence-corrected chi connectivity index (χ0v) is 9.98. The third-order valence-corrected chi connectivity index (χ3v) is 2.58. The molecule has 0 radical (unpaired) electrons. The summed E-state index contributed by atoms with van der Waals surface area (Å²) < 4.78 is 13.9.